The smallest absolute Gasteiger partial charge is 0.338 e. The number of rotatable bonds is 8. The maximum atomic E-state index is 12.4. The molecule has 3 rings (SSSR count). The van der Waals surface area contributed by atoms with Gasteiger partial charge in [-0.2, -0.15) is 0 Å². The van der Waals surface area contributed by atoms with Gasteiger partial charge in [-0.1, -0.05) is 30.1 Å². The average molecular weight is 493 g/mol. The Labute approximate surface area is 200 Å². The van der Waals surface area contributed by atoms with E-state index in [0.717, 1.165) is 6.42 Å². The van der Waals surface area contributed by atoms with E-state index in [9.17, 15) is 19.2 Å². The van der Waals surface area contributed by atoms with Crippen molar-refractivity contribution in [1.82, 2.24) is 0 Å². The number of amides is 2. The second kappa shape index (κ2) is 11.2. The first-order valence-electron chi connectivity index (χ1n) is 10.3. The Bertz CT molecular complexity index is 1060. The lowest BCUT2D eigenvalue weighted by Gasteiger charge is -2.17. The summed E-state index contributed by atoms with van der Waals surface area (Å²) in [5, 5.41) is 3.18. The fourth-order valence-electron chi connectivity index (χ4n) is 3.20. The predicted octanol–water partition coefficient (Wildman–Crippen LogP) is 4.10. The van der Waals surface area contributed by atoms with Gasteiger partial charge in [0.2, 0.25) is 5.91 Å². The maximum Gasteiger partial charge on any atom is 0.338 e. The second-order valence-corrected chi connectivity index (χ2v) is 8.19. The summed E-state index contributed by atoms with van der Waals surface area (Å²) in [4.78, 5) is 50.2. The van der Waals surface area contributed by atoms with E-state index in [4.69, 9.17) is 32.7 Å². The van der Waals surface area contributed by atoms with Gasteiger partial charge in [-0.05, 0) is 48.9 Å². The van der Waals surface area contributed by atoms with Crippen LogP contribution in [0, 0.1) is 5.92 Å². The van der Waals surface area contributed by atoms with E-state index in [0.29, 0.717) is 28.6 Å². The molecule has 33 heavy (non-hydrogen) atoms. The fraction of sp³-hybridized carbons (Fsp3) is 0.304. The SMILES string of the molecule is CCCOC(=O)c1ccc(N2C[C@H](C(=O)OCC(=O)Nc3ccc(Cl)c(Cl)c3)CC2=O)cc1. The molecule has 2 amide bonds. The molecule has 8 nitrogen and oxygen atoms in total. The van der Waals surface area contributed by atoms with Crippen LogP contribution in [0.25, 0.3) is 0 Å². The minimum absolute atomic E-state index is 0.0342. The number of hydrogen-bond donors (Lipinski definition) is 1. The molecule has 0 aromatic heterocycles. The summed E-state index contributed by atoms with van der Waals surface area (Å²) in [5.41, 5.74) is 1.34. The molecule has 0 unspecified atom stereocenters. The third kappa shape index (κ3) is 6.46. The largest absolute Gasteiger partial charge is 0.462 e. The topological polar surface area (TPSA) is 102 Å². The van der Waals surface area contributed by atoms with Gasteiger partial charge in [-0.3, -0.25) is 14.4 Å². The van der Waals surface area contributed by atoms with Crippen molar-refractivity contribution in [3.05, 3.63) is 58.1 Å². The van der Waals surface area contributed by atoms with E-state index in [1.807, 2.05) is 6.92 Å². The van der Waals surface area contributed by atoms with Gasteiger partial charge in [-0.25, -0.2) is 4.79 Å². The number of carbonyl (C=O) groups excluding carboxylic acids is 4. The van der Waals surface area contributed by atoms with Gasteiger partial charge in [0.15, 0.2) is 6.61 Å². The highest BCUT2D eigenvalue weighted by Gasteiger charge is 2.36. The number of esters is 2. The average Bonchev–Trinajstić information content (AvgIpc) is 3.20. The Morgan fingerprint density at radius 1 is 1.06 bits per heavy atom. The molecule has 2 aromatic rings. The molecule has 1 saturated heterocycles. The Morgan fingerprint density at radius 2 is 1.79 bits per heavy atom. The number of hydrogen-bond acceptors (Lipinski definition) is 6. The third-order valence-electron chi connectivity index (χ3n) is 4.86. The van der Waals surface area contributed by atoms with Crippen molar-refractivity contribution in [3.8, 4) is 0 Å². The monoisotopic (exact) mass is 492 g/mol. The highest BCUT2D eigenvalue weighted by molar-refractivity contribution is 6.42. The molecule has 10 heteroatoms. The second-order valence-electron chi connectivity index (χ2n) is 7.37. The van der Waals surface area contributed by atoms with Gasteiger partial charge in [0.1, 0.15) is 0 Å². The van der Waals surface area contributed by atoms with Gasteiger partial charge in [0.05, 0.1) is 28.1 Å². The Balaban J connectivity index is 1.51. The molecule has 174 valence electrons. The molecule has 1 atom stereocenters. The van der Waals surface area contributed by atoms with Crippen LogP contribution in [-0.2, 0) is 23.9 Å². The van der Waals surface area contributed by atoms with E-state index in [1.165, 1.54) is 17.0 Å². The molecule has 1 fully saturated rings. The summed E-state index contributed by atoms with van der Waals surface area (Å²) in [5.74, 6) is -2.58. The van der Waals surface area contributed by atoms with Crippen LogP contribution in [0.2, 0.25) is 10.0 Å². The summed E-state index contributed by atoms with van der Waals surface area (Å²) in [6.07, 6.45) is 0.689. The van der Waals surface area contributed by atoms with E-state index in [-0.39, 0.29) is 23.9 Å². The minimum atomic E-state index is -0.704. The predicted molar refractivity (Wildman–Crippen MR) is 124 cm³/mol. The summed E-state index contributed by atoms with van der Waals surface area (Å²) in [6.45, 7) is 1.85. The highest BCUT2D eigenvalue weighted by Crippen LogP contribution is 2.27. The molecular formula is C23H22Cl2N2O6. The van der Waals surface area contributed by atoms with Crippen molar-refractivity contribution >= 4 is 58.3 Å². The summed E-state index contributed by atoms with van der Waals surface area (Å²) < 4.78 is 10.2. The van der Waals surface area contributed by atoms with Crippen LogP contribution in [0.4, 0.5) is 11.4 Å². The Kier molecular flexibility index (Phi) is 8.30. The molecular weight excluding hydrogens is 471 g/mol. The number of ether oxygens (including phenoxy) is 2. The lowest BCUT2D eigenvalue weighted by molar-refractivity contribution is -0.151. The van der Waals surface area contributed by atoms with Crippen LogP contribution in [0.1, 0.15) is 30.1 Å². The molecule has 1 aliphatic rings. The van der Waals surface area contributed by atoms with Gasteiger partial charge in [0, 0.05) is 24.3 Å². The van der Waals surface area contributed by atoms with Crippen LogP contribution in [-0.4, -0.2) is 43.5 Å². The van der Waals surface area contributed by atoms with E-state index >= 15 is 0 Å². The fourth-order valence-corrected chi connectivity index (χ4v) is 3.49. The van der Waals surface area contributed by atoms with Crippen LogP contribution in [0.15, 0.2) is 42.5 Å². The van der Waals surface area contributed by atoms with Gasteiger partial charge < -0.3 is 19.7 Å². The summed E-state index contributed by atoms with van der Waals surface area (Å²) in [7, 11) is 0. The number of anilines is 2. The summed E-state index contributed by atoms with van der Waals surface area (Å²) >= 11 is 11.7. The van der Waals surface area contributed by atoms with Crippen molar-refractivity contribution in [1.29, 1.82) is 0 Å². The third-order valence-corrected chi connectivity index (χ3v) is 5.60. The first-order valence-corrected chi connectivity index (χ1v) is 11.0. The van der Waals surface area contributed by atoms with E-state index < -0.39 is 30.4 Å². The van der Waals surface area contributed by atoms with Gasteiger partial charge in [0.25, 0.3) is 5.91 Å². The normalized spacial score (nSPS) is 15.3. The zero-order chi connectivity index (χ0) is 24.0. The molecule has 2 aromatic carbocycles. The van der Waals surface area contributed by atoms with Crippen molar-refractivity contribution in [3.63, 3.8) is 0 Å². The molecule has 0 radical (unpaired) electrons. The van der Waals surface area contributed by atoms with Crippen molar-refractivity contribution in [2.45, 2.75) is 19.8 Å². The van der Waals surface area contributed by atoms with Crippen molar-refractivity contribution in [2.24, 2.45) is 5.92 Å². The molecule has 0 saturated carbocycles. The maximum absolute atomic E-state index is 12.4. The van der Waals surface area contributed by atoms with Gasteiger partial charge >= 0.3 is 11.9 Å². The van der Waals surface area contributed by atoms with Crippen LogP contribution < -0.4 is 10.2 Å². The number of carbonyl (C=O) groups is 4. The molecule has 1 N–H and O–H groups in total. The van der Waals surface area contributed by atoms with Crippen LogP contribution in [0.5, 0.6) is 0 Å². The van der Waals surface area contributed by atoms with Crippen LogP contribution in [0.3, 0.4) is 0 Å². The van der Waals surface area contributed by atoms with Crippen LogP contribution >= 0.6 is 23.2 Å². The molecule has 1 heterocycles. The first-order chi connectivity index (χ1) is 15.8. The Morgan fingerprint density at radius 3 is 2.45 bits per heavy atom. The Hall–Kier alpha value is -3.10. The number of nitrogens with zero attached hydrogens (tertiary/aromatic N) is 1. The summed E-state index contributed by atoms with van der Waals surface area (Å²) in [6, 6.07) is 11.0. The first kappa shape index (κ1) is 24.5. The lowest BCUT2D eigenvalue weighted by atomic mass is 10.1. The zero-order valence-electron chi connectivity index (χ0n) is 17.8. The zero-order valence-corrected chi connectivity index (χ0v) is 19.3. The standard InChI is InChI=1S/C23H22Cl2N2O6/c1-2-9-32-22(30)14-3-6-17(7-4-14)27-12-15(10-21(27)29)23(31)33-13-20(28)26-16-5-8-18(24)19(25)11-16/h3-8,11,15H,2,9-10,12-13H2,1H3,(H,26,28)/t15-/m1/s1. The van der Waals surface area contributed by atoms with Crippen molar-refractivity contribution < 1.29 is 28.7 Å². The highest BCUT2D eigenvalue weighted by atomic mass is 35.5. The van der Waals surface area contributed by atoms with Gasteiger partial charge in [-0.15, -0.1) is 0 Å². The minimum Gasteiger partial charge on any atom is -0.462 e. The van der Waals surface area contributed by atoms with E-state index in [1.54, 1.807) is 30.3 Å². The quantitative estimate of drug-likeness (QED) is 0.556. The lowest BCUT2D eigenvalue weighted by Crippen LogP contribution is -2.28. The number of benzene rings is 2. The number of halogens is 2. The molecule has 0 aliphatic carbocycles. The molecule has 1 aliphatic heterocycles. The van der Waals surface area contributed by atoms with E-state index in [2.05, 4.69) is 5.32 Å². The number of nitrogens with one attached hydrogen (secondary N) is 1. The molecule has 0 spiro atoms. The molecule has 0 bridgehead atoms. The van der Waals surface area contributed by atoms with Crippen molar-refractivity contribution in [2.75, 3.05) is 30.0 Å².